The molecule has 8 atom stereocenters. The number of carbonyl (C=O) groups excluding carboxylic acids is 2. The van der Waals surface area contributed by atoms with Crippen LogP contribution in [0, 0.1) is 51.1 Å². The molecule has 4 aliphatic rings. The Morgan fingerprint density at radius 2 is 1.82 bits per heavy atom. The Bertz CT molecular complexity index is 1200. The lowest BCUT2D eigenvalue weighted by atomic mass is 9.47. The van der Waals surface area contributed by atoms with Gasteiger partial charge in [-0.25, -0.2) is 0 Å². The largest absolute Gasteiger partial charge is 0.462 e. The van der Waals surface area contributed by atoms with Crippen LogP contribution in [0.1, 0.15) is 91.0 Å². The summed E-state index contributed by atoms with van der Waals surface area (Å²) in [5.74, 6) is 2.50. The summed E-state index contributed by atoms with van der Waals surface area (Å²) in [6.07, 6.45) is 12.7. The van der Waals surface area contributed by atoms with E-state index < -0.39 is 0 Å². The molecule has 0 heterocycles. The normalized spacial score (nSPS) is 36.3. The van der Waals surface area contributed by atoms with Gasteiger partial charge in [0.2, 0.25) is 0 Å². The predicted octanol–water partition coefficient (Wildman–Crippen LogP) is 8.73. The summed E-state index contributed by atoms with van der Waals surface area (Å²) < 4.78 is 9.54. The molecule has 4 aliphatic carbocycles. The third kappa shape index (κ3) is 5.37. The molecule has 2 N–H and O–H groups in total. The zero-order valence-electron chi connectivity index (χ0n) is 23.6. The molecule has 0 bridgehead atoms. The maximum Gasteiger partial charge on any atom is 0.309 e. The Balaban J connectivity index is 1.27. The summed E-state index contributed by atoms with van der Waals surface area (Å²) in [7, 11) is 0. The van der Waals surface area contributed by atoms with Crippen molar-refractivity contribution in [3.8, 4) is 0 Å². The quantitative estimate of drug-likeness (QED) is 0.135. The summed E-state index contributed by atoms with van der Waals surface area (Å²) in [6.45, 7) is 8.81. The number of Topliss-reactive ketones (excluding diaryl/α,β-unsaturated/α-hetero) is 1. The average molecular weight is 869 g/mol. The first-order valence-corrected chi connectivity index (χ1v) is 18.0. The number of esters is 1. The van der Waals surface area contributed by atoms with E-state index in [4.69, 9.17) is 10.5 Å². The smallest absolute Gasteiger partial charge is 0.309 e. The first-order valence-electron chi connectivity index (χ1n) is 14.7. The molecule has 0 aromatic heterocycles. The fourth-order valence-electron chi connectivity index (χ4n) is 9.13. The van der Waals surface area contributed by atoms with Gasteiger partial charge in [0, 0.05) is 23.0 Å². The zero-order chi connectivity index (χ0) is 28.3. The van der Waals surface area contributed by atoms with Gasteiger partial charge in [-0.3, -0.25) is 9.59 Å². The van der Waals surface area contributed by atoms with E-state index in [1.165, 1.54) is 30.4 Å². The number of hydrogen-bond donors (Lipinski definition) is 1. The van der Waals surface area contributed by atoms with E-state index in [2.05, 4.69) is 101 Å². The number of benzene rings is 1. The second-order valence-corrected chi connectivity index (χ2v) is 16.6. The van der Waals surface area contributed by atoms with Crippen molar-refractivity contribution in [3.63, 3.8) is 0 Å². The van der Waals surface area contributed by atoms with Gasteiger partial charge >= 0.3 is 5.97 Å². The lowest BCUT2D eigenvalue weighted by molar-refractivity contribution is -0.156. The summed E-state index contributed by atoms with van der Waals surface area (Å²) in [4.78, 5) is 25.9. The number of ether oxygens (including phenoxy) is 1. The number of halogens is 3. The van der Waals surface area contributed by atoms with E-state index in [1.807, 2.05) is 6.92 Å². The van der Waals surface area contributed by atoms with Crippen molar-refractivity contribution < 1.29 is 14.3 Å². The molecule has 7 heteroatoms. The topological polar surface area (TPSA) is 69.4 Å². The molecule has 1 aromatic rings. The van der Waals surface area contributed by atoms with Crippen molar-refractivity contribution in [3.05, 3.63) is 34.0 Å². The van der Waals surface area contributed by atoms with Crippen LogP contribution in [0.2, 0.25) is 0 Å². The van der Waals surface area contributed by atoms with E-state index in [1.54, 1.807) is 0 Å². The summed E-state index contributed by atoms with van der Waals surface area (Å²) in [6, 6.07) is 2.11. The van der Waals surface area contributed by atoms with Crippen molar-refractivity contribution in [1.29, 1.82) is 0 Å². The first-order chi connectivity index (χ1) is 18.4. The van der Waals surface area contributed by atoms with Gasteiger partial charge in [-0.2, -0.15) is 0 Å². The molecule has 3 fully saturated rings. The van der Waals surface area contributed by atoms with Crippen molar-refractivity contribution in [2.75, 3.05) is 5.73 Å². The van der Waals surface area contributed by atoms with Crippen molar-refractivity contribution in [2.45, 2.75) is 98.0 Å². The van der Waals surface area contributed by atoms with Crippen LogP contribution in [-0.2, 0) is 20.7 Å². The van der Waals surface area contributed by atoms with Gasteiger partial charge in [0.1, 0.15) is 11.9 Å². The van der Waals surface area contributed by atoms with E-state index in [0.29, 0.717) is 30.0 Å². The molecule has 39 heavy (non-hydrogen) atoms. The highest BCUT2D eigenvalue weighted by Gasteiger charge is 2.59. The molecular weight excluding hydrogens is 827 g/mol. The number of nitrogens with two attached hydrogens (primary N) is 1. The van der Waals surface area contributed by atoms with Gasteiger partial charge in [0.15, 0.2) is 0 Å². The zero-order valence-corrected chi connectivity index (χ0v) is 30.1. The molecule has 214 valence electrons. The number of allylic oxidation sites excluding steroid dienone is 1. The molecular formula is C32H42I3NO3. The van der Waals surface area contributed by atoms with Crippen LogP contribution in [0.3, 0.4) is 0 Å². The summed E-state index contributed by atoms with van der Waals surface area (Å²) in [5, 5.41) is 0. The Kier molecular flexibility index (Phi) is 9.12. The molecule has 1 aromatic carbocycles. The van der Waals surface area contributed by atoms with Crippen molar-refractivity contribution in [1.82, 2.24) is 0 Å². The van der Waals surface area contributed by atoms with Crippen molar-refractivity contribution >= 4 is 85.2 Å². The highest BCUT2D eigenvalue weighted by molar-refractivity contribution is 14.1. The third-order valence-corrected chi connectivity index (χ3v) is 14.5. The number of fused-ring (bicyclic) bond motifs is 5. The minimum Gasteiger partial charge on any atom is -0.462 e. The standard InChI is InChI=1S/C32H42I3NO3/c1-5-18(14-22-26(33)16-27(34)29(36)28(22)35)30(38)39-20-10-12-31(3)19(15-20)6-7-21-24-9-8-23(17(2)37)32(24,4)13-11-25(21)31/h6,16,18,20-21,23-25H,5,7-15,36H2,1-4H3/t18?,20-,21-,23+,24?,25?,31-,32+/m0/s1. The fourth-order valence-corrected chi connectivity index (χ4v) is 12.9. The van der Waals surface area contributed by atoms with Crippen LogP contribution in [0.4, 0.5) is 5.69 Å². The maximum absolute atomic E-state index is 13.4. The van der Waals surface area contributed by atoms with Crippen LogP contribution in [0.25, 0.3) is 0 Å². The third-order valence-electron chi connectivity index (χ3n) is 11.4. The number of nitrogen functional groups attached to an aromatic ring is 1. The van der Waals surface area contributed by atoms with E-state index in [9.17, 15) is 9.59 Å². The monoisotopic (exact) mass is 869 g/mol. The van der Waals surface area contributed by atoms with Crippen LogP contribution < -0.4 is 5.73 Å². The van der Waals surface area contributed by atoms with Crippen molar-refractivity contribution in [2.24, 2.45) is 40.4 Å². The number of ketones is 1. The molecule has 5 rings (SSSR count). The highest BCUT2D eigenvalue weighted by Crippen LogP contribution is 2.66. The lowest BCUT2D eigenvalue weighted by Gasteiger charge is -2.58. The van der Waals surface area contributed by atoms with Gasteiger partial charge in [-0.05, 0) is 173 Å². The number of rotatable bonds is 6. The fraction of sp³-hybridized carbons (Fsp3) is 0.688. The van der Waals surface area contributed by atoms with Crippen LogP contribution in [0.5, 0.6) is 0 Å². The SMILES string of the molecule is CCC(Cc1c(I)cc(I)c(N)c1I)C(=O)O[C@H]1CC[C@@]2(C)C(=CC[C@@H]3C2CC[C@@]2(C)C3CC[C@@H]2C(C)=O)C1. The van der Waals surface area contributed by atoms with E-state index >= 15 is 0 Å². The molecule has 4 nitrogen and oxygen atoms in total. The van der Waals surface area contributed by atoms with Gasteiger partial charge in [-0.1, -0.05) is 32.4 Å². The maximum atomic E-state index is 13.4. The number of hydrogen-bond acceptors (Lipinski definition) is 4. The Hall–Kier alpha value is 0.0900. The highest BCUT2D eigenvalue weighted by atomic mass is 127. The Morgan fingerprint density at radius 1 is 1.08 bits per heavy atom. The molecule has 0 radical (unpaired) electrons. The summed E-state index contributed by atoms with van der Waals surface area (Å²) >= 11 is 6.97. The van der Waals surface area contributed by atoms with E-state index in [-0.39, 0.29) is 34.7 Å². The molecule has 3 unspecified atom stereocenters. The van der Waals surface area contributed by atoms with Gasteiger partial charge in [0.05, 0.1) is 11.6 Å². The molecule has 0 aliphatic heterocycles. The lowest BCUT2D eigenvalue weighted by Crippen LogP contribution is -2.51. The van der Waals surface area contributed by atoms with Crippen LogP contribution in [-0.4, -0.2) is 17.9 Å². The van der Waals surface area contributed by atoms with E-state index in [0.717, 1.165) is 54.9 Å². The molecule has 0 saturated heterocycles. The second-order valence-electron chi connectivity index (χ2n) is 13.2. The first kappa shape index (κ1) is 30.5. The number of carbonyl (C=O) groups is 2. The predicted molar refractivity (Wildman–Crippen MR) is 182 cm³/mol. The minimum absolute atomic E-state index is 0.0233. The second kappa shape index (κ2) is 11.6. The Labute approximate surface area is 275 Å². The molecule has 0 amide bonds. The van der Waals surface area contributed by atoms with Gasteiger partial charge in [-0.15, -0.1) is 0 Å². The molecule has 0 spiro atoms. The van der Waals surface area contributed by atoms with Crippen LogP contribution in [0.15, 0.2) is 17.7 Å². The summed E-state index contributed by atoms with van der Waals surface area (Å²) in [5.41, 5.74) is 10.2. The van der Waals surface area contributed by atoms with Crippen LogP contribution >= 0.6 is 67.8 Å². The average Bonchev–Trinajstić information content (AvgIpc) is 3.25. The Morgan fingerprint density at radius 3 is 2.51 bits per heavy atom. The number of anilines is 1. The van der Waals surface area contributed by atoms with Gasteiger partial charge < -0.3 is 10.5 Å². The minimum atomic E-state index is -0.155. The molecule has 3 saturated carbocycles. The van der Waals surface area contributed by atoms with Gasteiger partial charge in [0.25, 0.3) is 0 Å².